The summed E-state index contributed by atoms with van der Waals surface area (Å²) in [5.74, 6) is -2.50. The lowest BCUT2D eigenvalue weighted by Gasteiger charge is -2.29. The lowest BCUT2D eigenvalue weighted by molar-refractivity contribution is 0.0326. The van der Waals surface area contributed by atoms with Crippen molar-refractivity contribution < 1.29 is 39.4 Å². The minimum atomic E-state index is -0.872. The molecule has 11 nitrogen and oxygen atoms in total. The number of hydrogen-bond acceptors (Lipinski definition) is 11. The average Bonchev–Trinajstić information content (AvgIpc) is 2.89. The third kappa shape index (κ3) is 4.42. The molecule has 5 N–H and O–H groups in total. The monoisotopic (exact) mass is 500 g/mol. The summed E-state index contributed by atoms with van der Waals surface area (Å²) in [5, 5.41) is 52.6. The molecule has 0 amide bonds. The summed E-state index contributed by atoms with van der Waals surface area (Å²) in [6.07, 6.45) is 0. The van der Waals surface area contributed by atoms with Gasteiger partial charge in [0.05, 0.1) is 37.6 Å². The smallest absolute Gasteiger partial charge is 0.238 e. The third-order valence-electron chi connectivity index (χ3n) is 6.67. The van der Waals surface area contributed by atoms with Crippen LogP contribution in [0.5, 0.6) is 28.7 Å². The summed E-state index contributed by atoms with van der Waals surface area (Å²) in [6.45, 7) is 4.85. The minimum Gasteiger partial charge on any atom is -0.507 e. The molecule has 0 unspecified atom stereocenters. The van der Waals surface area contributed by atoms with Crippen LogP contribution in [0.25, 0.3) is 22.3 Å². The van der Waals surface area contributed by atoms with E-state index in [4.69, 9.17) is 13.9 Å². The molecular formula is C25H28N2O9. The lowest BCUT2D eigenvalue weighted by atomic mass is 9.99. The Bertz CT molecular complexity index is 1340. The van der Waals surface area contributed by atoms with Gasteiger partial charge in [0.1, 0.15) is 16.9 Å². The van der Waals surface area contributed by atoms with Crippen LogP contribution < -0.4 is 5.43 Å². The van der Waals surface area contributed by atoms with Crippen LogP contribution >= 0.6 is 0 Å². The van der Waals surface area contributed by atoms with E-state index >= 15 is 0 Å². The first-order chi connectivity index (χ1) is 17.3. The van der Waals surface area contributed by atoms with Gasteiger partial charge in [-0.25, -0.2) is 0 Å². The van der Waals surface area contributed by atoms with Gasteiger partial charge in [0, 0.05) is 44.8 Å². The number of hydrogen-bond donors (Lipinski definition) is 5. The largest absolute Gasteiger partial charge is 0.507 e. The number of phenolic OH excluding ortho intramolecular Hbond substituents is 4. The van der Waals surface area contributed by atoms with Crippen molar-refractivity contribution in [3.63, 3.8) is 0 Å². The quantitative estimate of drug-likeness (QED) is 0.325. The zero-order valence-electron chi connectivity index (χ0n) is 19.6. The average molecular weight is 501 g/mol. The maximum absolute atomic E-state index is 13.4. The van der Waals surface area contributed by atoms with Crippen LogP contribution in [0.2, 0.25) is 0 Å². The Hall–Kier alpha value is -3.51. The minimum absolute atomic E-state index is 0.0624. The molecule has 2 aliphatic heterocycles. The number of phenols is 4. The number of nitrogens with zero attached hydrogens (tertiary/aromatic N) is 2. The summed E-state index contributed by atoms with van der Waals surface area (Å²) >= 11 is 0. The molecule has 0 aliphatic carbocycles. The van der Waals surface area contributed by atoms with E-state index in [1.165, 1.54) is 12.1 Å². The van der Waals surface area contributed by atoms with Crippen molar-refractivity contribution in [3.8, 4) is 40.1 Å². The van der Waals surface area contributed by atoms with Crippen LogP contribution in [0.3, 0.4) is 0 Å². The van der Waals surface area contributed by atoms with Gasteiger partial charge in [0.2, 0.25) is 11.2 Å². The van der Waals surface area contributed by atoms with Crippen molar-refractivity contribution >= 4 is 11.0 Å². The first kappa shape index (κ1) is 24.2. The van der Waals surface area contributed by atoms with Gasteiger partial charge in [-0.05, 0) is 18.2 Å². The molecule has 2 saturated heterocycles. The van der Waals surface area contributed by atoms with E-state index in [-0.39, 0.29) is 52.4 Å². The summed E-state index contributed by atoms with van der Waals surface area (Å²) in [7, 11) is 0. The Labute approximate surface area is 205 Å². The van der Waals surface area contributed by atoms with Gasteiger partial charge >= 0.3 is 0 Å². The van der Waals surface area contributed by atoms with Crippen LogP contribution in [0.1, 0.15) is 11.1 Å². The van der Waals surface area contributed by atoms with Crippen molar-refractivity contribution in [1.82, 2.24) is 9.80 Å². The summed E-state index contributed by atoms with van der Waals surface area (Å²) in [4.78, 5) is 17.4. The molecule has 0 spiro atoms. The molecule has 3 aromatic rings. The van der Waals surface area contributed by atoms with E-state index in [1.54, 1.807) is 0 Å². The number of fused-ring (bicyclic) bond motifs is 1. The predicted molar refractivity (Wildman–Crippen MR) is 128 cm³/mol. The molecule has 1 aromatic heterocycles. The molecule has 2 aromatic carbocycles. The Morgan fingerprint density at radius 1 is 0.722 bits per heavy atom. The maximum Gasteiger partial charge on any atom is 0.238 e. The van der Waals surface area contributed by atoms with E-state index in [0.717, 1.165) is 6.07 Å². The molecule has 0 atom stereocenters. The Morgan fingerprint density at radius 3 is 1.89 bits per heavy atom. The zero-order chi connectivity index (χ0) is 25.4. The van der Waals surface area contributed by atoms with Gasteiger partial charge < -0.3 is 39.4 Å². The molecule has 2 fully saturated rings. The second kappa shape index (κ2) is 9.86. The highest BCUT2D eigenvalue weighted by Crippen LogP contribution is 2.43. The fourth-order valence-electron chi connectivity index (χ4n) is 4.63. The fourth-order valence-corrected chi connectivity index (χ4v) is 4.63. The van der Waals surface area contributed by atoms with Crippen molar-refractivity contribution in [2.24, 2.45) is 0 Å². The topological polar surface area (TPSA) is 156 Å². The van der Waals surface area contributed by atoms with E-state index in [1.807, 2.05) is 9.80 Å². The Balaban J connectivity index is 1.71. The molecule has 0 bridgehead atoms. The number of aromatic hydroxyl groups is 5. The van der Waals surface area contributed by atoms with Gasteiger partial charge in [-0.1, -0.05) is 0 Å². The highest BCUT2D eigenvalue weighted by molar-refractivity contribution is 5.92. The molecule has 2 aliphatic rings. The molecule has 0 radical (unpaired) electrons. The highest BCUT2D eigenvalue weighted by Gasteiger charge is 2.29. The first-order valence-electron chi connectivity index (χ1n) is 11.7. The number of ether oxygens (including phenoxy) is 2. The van der Waals surface area contributed by atoms with E-state index in [2.05, 4.69) is 0 Å². The van der Waals surface area contributed by atoms with Crippen LogP contribution in [-0.4, -0.2) is 87.9 Å². The fraction of sp³-hybridized carbons (Fsp3) is 0.400. The molecular weight excluding hydrogens is 472 g/mol. The highest BCUT2D eigenvalue weighted by atomic mass is 16.5. The normalized spacial score (nSPS) is 17.6. The maximum atomic E-state index is 13.4. The summed E-state index contributed by atoms with van der Waals surface area (Å²) < 4.78 is 16.8. The molecule has 11 heteroatoms. The molecule has 36 heavy (non-hydrogen) atoms. The van der Waals surface area contributed by atoms with Gasteiger partial charge in [0.25, 0.3) is 0 Å². The third-order valence-corrected chi connectivity index (χ3v) is 6.67. The van der Waals surface area contributed by atoms with Crippen LogP contribution in [0, 0.1) is 0 Å². The van der Waals surface area contributed by atoms with Gasteiger partial charge in [0.15, 0.2) is 22.8 Å². The van der Waals surface area contributed by atoms with E-state index in [0.29, 0.717) is 58.2 Å². The second-order valence-electron chi connectivity index (χ2n) is 8.95. The van der Waals surface area contributed by atoms with Crippen molar-refractivity contribution in [2.75, 3.05) is 52.6 Å². The SMILES string of the molecule is O=c1c(O)c(-c2ccc(O)c(O)c2)oc2c(CN3CCOCC3)c(O)c(CN3CCOCC3)c(O)c12. The Morgan fingerprint density at radius 2 is 1.31 bits per heavy atom. The molecule has 192 valence electrons. The number of morpholine rings is 2. The first-order valence-corrected chi connectivity index (χ1v) is 11.7. The predicted octanol–water partition coefficient (Wildman–Crippen LogP) is 1.65. The second-order valence-corrected chi connectivity index (χ2v) is 8.95. The summed E-state index contributed by atoms with van der Waals surface area (Å²) in [5.41, 5.74) is -0.324. The number of rotatable bonds is 5. The van der Waals surface area contributed by atoms with Crippen LogP contribution in [0.4, 0.5) is 0 Å². The standard InChI is InChI=1S/C25H28N2O9/c28-17-2-1-14(11-18(17)29)24-23(33)22(32)19-21(31)15(12-26-3-7-34-8-4-26)20(30)16(25(19)36-24)13-27-5-9-35-10-6-27/h1-2,11,28-31,33H,3-10,12-13H2. The van der Waals surface area contributed by atoms with Crippen molar-refractivity contribution in [3.05, 3.63) is 39.5 Å². The molecule has 0 saturated carbocycles. The van der Waals surface area contributed by atoms with Crippen LogP contribution in [-0.2, 0) is 22.6 Å². The van der Waals surface area contributed by atoms with Gasteiger partial charge in [-0.15, -0.1) is 0 Å². The molecule has 5 rings (SSSR count). The van der Waals surface area contributed by atoms with Crippen LogP contribution in [0.15, 0.2) is 27.4 Å². The molecule has 3 heterocycles. The van der Waals surface area contributed by atoms with E-state index < -0.39 is 22.7 Å². The lowest BCUT2D eigenvalue weighted by Crippen LogP contribution is -2.36. The van der Waals surface area contributed by atoms with Crippen molar-refractivity contribution in [2.45, 2.75) is 13.1 Å². The Kier molecular flexibility index (Phi) is 6.63. The number of benzene rings is 2. The van der Waals surface area contributed by atoms with Gasteiger partial charge in [-0.3, -0.25) is 14.6 Å². The summed E-state index contributed by atoms with van der Waals surface area (Å²) in [6, 6.07) is 3.71. The zero-order valence-corrected chi connectivity index (χ0v) is 19.6. The van der Waals surface area contributed by atoms with Crippen molar-refractivity contribution in [1.29, 1.82) is 0 Å². The van der Waals surface area contributed by atoms with Gasteiger partial charge in [-0.2, -0.15) is 0 Å². The van der Waals surface area contributed by atoms with E-state index in [9.17, 15) is 30.3 Å².